The van der Waals surface area contributed by atoms with Gasteiger partial charge in [-0.3, -0.25) is 24.0 Å². The largest absolute Gasteiger partial charge is 0.394 e. The Kier molecular flexibility index (Phi) is 6.41. The molecule has 0 bridgehead atoms. The highest BCUT2D eigenvalue weighted by atomic mass is 16.4. The van der Waals surface area contributed by atoms with E-state index in [0.29, 0.717) is 27.7 Å². The van der Waals surface area contributed by atoms with Gasteiger partial charge < -0.3 is 25.5 Å². The van der Waals surface area contributed by atoms with Crippen molar-refractivity contribution < 1.29 is 49.5 Å². The molecule has 0 radical (unpaired) electrons. The predicted molar refractivity (Wildman–Crippen MR) is 75.7 cm³/mol. The van der Waals surface area contributed by atoms with Crippen molar-refractivity contribution in [1.29, 1.82) is 0 Å². The standard InChI is InChI=1S/C14H20O10/c1-6(16)12(22,7(2)17)11(21)14(24,9(4)19)13(23,8(3)18)10(20)5-15/h10,15,20,22-24H,5H2,1-4H3/t10-,13-,14-/m1/s1. The molecule has 0 amide bonds. The molecule has 0 aliphatic carbocycles. The third kappa shape index (κ3) is 2.82. The second-order valence-electron chi connectivity index (χ2n) is 5.44. The number of hydrogen-bond donors (Lipinski definition) is 5. The van der Waals surface area contributed by atoms with Crippen molar-refractivity contribution in [3.63, 3.8) is 0 Å². The molecule has 0 unspecified atom stereocenters. The minimum atomic E-state index is -3.87. The summed E-state index contributed by atoms with van der Waals surface area (Å²) in [7, 11) is 0. The average Bonchev–Trinajstić information content (AvgIpc) is 2.49. The predicted octanol–water partition coefficient (Wildman–Crippen LogP) is -3.54. The third-order valence-electron chi connectivity index (χ3n) is 3.93. The van der Waals surface area contributed by atoms with E-state index in [1.807, 2.05) is 0 Å². The second-order valence-corrected chi connectivity index (χ2v) is 5.44. The lowest BCUT2D eigenvalue weighted by Gasteiger charge is -2.43. The Morgan fingerprint density at radius 1 is 0.792 bits per heavy atom. The molecular formula is C14H20O10. The highest BCUT2D eigenvalue weighted by Gasteiger charge is 2.70. The molecule has 24 heavy (non-hydrogen) atoms. The first kappa shape index (κ1) is 22.1. The fourth-order valence-electron chi connectivity index (χ4n) is 2.29. The maximum atomic E-state index is 12.5. The van der Waals surface area contributed by atoms with Crippen LogP contribution < -0.4 is 0 Å². The van der Waals surface area contributed by atoms with E-state index in [-0.39, 0.29) is 0 Å². The lowest BCUT2D eigenvalue weighted by molar-refractivity contribution is -0.214. The van der Waals surface area contributed by atoms with Gasteiger partial charge in [0.05, 0.1) is 6.61 Å². The number of aliphatic hydroxyl groups excluding tert-OH is 2. The van der Waals surface area contributed by atoms with Gasteiger partial charge in [-0.15, -0.1) is 0 Å². The summed E-state index contributed by atoms with van der Waals surface area (Å²) in [5.41, 5.74) is -11.0. The molecule has 0 aliphatic heterocycles. The molecular weight excluding hydrogens is 328 g/mol. The first-order valence-corrected chi connectivity index (χ1v) is 6.71. The molecule has 0 spiro atoms. The van der Waals surface area contributed by atoms with Gasteiger partial charge in [0.15, 0.2) is 28.7 Å². The molecule has 0 aromatic heterocycles. The molecule has 0 aromatic carbocycles. The minimum Gasteiger partial charge on any atom is -0.394 e. The highest BCUT2D eigenvalue weighted by molar-refractivity contribution is 6.34. The van der Waals surface area contributed by atoms with Crippen molar-refractivity contribution in [3.05, 3.63) is 0 Å². The van der Waals surface area contributed by atoms with E-state index in [1.54, 1.807) is 0 Å². The molecule has 0 heterocycles. The summed E-state index contributed by atoms with van der Waals surface area (Å²) in [6.45, 7) is 0.957. The normalized spacial score (nSPS) is 18.0. The van der Waals surface area contributed by atoms with Crippen LogP contribution >= 0.6 is 0 Å². The highest BCUT2D eigenvalue weighted by Crippen LogP contribution is 2.34. The van der Waals surface area contributed by atoms with E-state index in [9.17, 15) is 44.4 Å². The number of hydrogen-bond acceptors (Lipinski definition) is 10. The van der Waals surface area contributed by atoms with Gasteiger partial charge in [-0.25, -0.2) is 0 Å². The molecule has 0 fully saturated rings. The molecule has 0 aliphatic rings. The Morgan fingerprint density at radius 3 is 1.38 bits per heavy atom. The van der Waals surface area contributed by atoms with Crippen LogP contribution in [0.1, 0.15) is 27.7 Å². The third-order valence-corrected chi connectivity index (χ3v) is 3.93. The van der Waals surface area contributed by atoms with E-state index in [1.165, 1.54) is 0 Å². The molecule has 0 saturated heterocycles. The summed E-state index contributed by atoms with van der Waals surface area (Å²) in [6.07, 6.45) is -2.53. The van der Waals surface area contributed by atoms with Crippen LogP contribution in [0.4, 0.5) is 0 Å². The summed E-state index contributed by atoms with van der Waals surface area (Å²) in [6, 6.07) is 0. The van der Waals surface area contributed by atoms with Crippen molar-refractivity contribution in [1.82, 2.24) is 0 Å². The maximum absolute atomic E-state index is 12.5. The van der Waals surface area contributed by atoms with Crippen LogP contribution in [0.15, 0.2) is 0 Å². The van der Waals surface area contributed by atoms with E-state index in [2.05, 4.69) is 0 Å². The van der Waals surface area contributed by atoms with Crippen LogP contribution in [0.5, 0.6) is 0 Å². The Morgan fingerprint density at radius 2 is 1.17 bits per heavy atom. The fourth-order valence-corrected chi connectivity index (χ4v) is 2.29. The van der Waals surface area contributed by atoms with Crippen molar-refractivity contribution >= 4 is 28.9 Å². The van der Waals surface area contributed by atoms with Gasteiger partial charge in [0.2, 0.25) is 17.0 Å². The number of carbonyl (C=O) groups is 5. The summed E-state index contributed by atoms with van der Waals surface area (Å²) in [5, 5.41) is 49.6. The zero-order chi connectivity index (χ0) is 19.7. The van der Waals surface area contributed by atoms with Crippen LogP contribution in [-0.2, 0) is 24.0 Å². The Bertz CT molecular complexity index is 580. The van der Waals surface area contributed by atoms with Crippen LogP contribution in [-0.4, -0.2) is 84.0 Å². The van der Waals surface area contributed by atoms with Crippen LogP contribution in [0.2, 0.25) is 0 Å². The first-order chi connectivity index (χ1) is 10.7. The van der Waals surface area contributed by atoms with Gasteiger partial charge in [0.1, 0.15) is 6.10 Å². The number of aliphatic hydroxyl groups is 5. The number of Topliss-reactive ketones (excluding diaryl/α,β-unsaturated/α-hetero) is 5. The van der Waals surface area contributed by atoms with E-state index < -0.39 is 58.4 Å². The zero-order valence-electron chi connectivity index (χ0n) is 13.6. The molecule has 136 valence electrons. The Balaban J connectivity index is 6.83. The van der Waals surface area contributed by atoms with Gasteiger partial charge in [-0.05, 0) is 27.7 Å². The summed E-state index contributed by atoms with van der Waals surface area (Å²) < 4.78 is 0. The van der Waals surface area contributed by atoms with E-state index in [4.69, 9.17) is 5.11 Å². The number of ketones is 5. The van der Waals surface area contributed by atoms with Gasteiger partial charge >= 0.3 is 0 Å². The van der Waals surface area contributed by atoms with E-state index >= 15 is 0 Å². The molecule has 3 atom stereocenters. The van der Waals surface area contributed by atoms with Crippen LogP contribution in [0.3, 0.4) is 0 Å². The maximum Gasteiger partial charge on any atom is 0.243 e. The molecule has 5 N–H and O–H groups in total. The lowest BCUT2D eigenvalue weighted by Crippen LogP contribution is -2.77. The van der Waals surface area contributed by atoms with Crippen molar-refractivity contribution in [3.8, 4) is 0 Å². The Labute approximate surface area is 136 Å². The molecule has 0 rings (SSSR count). The van der Waals surface area contributed by atoms with Crippen molar-refractivity contribution in [2.75, 3.05) is 6.61 Å². The first-order valence-electron chi connectivity index (χ1n) is 6.71. The average molecular weight is 348 g/mol. The molecule has 10 heteroatoms. The smallest absolute Gasteiger partial charge is 0.243 e. The molecule has 10 nitrogen and oxygen atoms in total. The van der Waals surface area contributed by atoms with Gasteiger partial charge in [0.25, 0.3) is 0 Å². The summed E-state index contributed by atoms with van der Waals surface area (Å²) in [5.74, 6) is -8.33. The van der Waals surface area contributed by atoms with Crippen LogP contribution in [0.25, 0.3) is 0 Å². The fraction of sp³-hybridized carbons (Fsp3) is 0.643. The molecule has 0 aromatic rings. The Hall–Kier alpha value is -1.85. The quantitative estimate of drug-likeness (QED) is 0.261. The topological polar surface area (TPSA) is 186 Å². The zero-order valence-corrected chi connectivity index (χ0v) is 13.6. The van der Waals surface area contributed by atoms with Gasteiger partial charge in [0, 0.05) is 0 Å². The SMILES string of the molecule is CC(=O)C(O)(C(C)=O)C(=O)[C@](O)(C(C)=O)[C@@](O)(C(C)=O)[C@H](O)CO. The lowest BCUT2D eigenvalue weighted by atomic mass is 9.66. The number of rotatable bonds is 9. The van der Waals surface area contributed by atoms with Gasteiger partial charge in [-0.2, -0.15) is 0 Å². The van der Waals surface area contributed by atoms with Crippen LogP contribution in [0, 0.1) is 0 Å². The monoisotopic (exact) mass is 348 g/mol. The minimum absolute atomic E-state index is 0.524. The number of carbonyl (C=O) groups excluding carboxylic acids is 5. The molecule has 0 saturated carbocycles. The van der Waals surface area contributed by atoms with Gasteiger partial charge in [-0.1, -0.05) is 0 Å². The van der Waals surface area contributed by atoms with Crippen molar-refractivity contribution in [2.45, 2.75) is 50.6 Å². The van der Waals surface area contributed by atoms with E-state index in [0.717, 1.165) is 0 Å². The van der Waals surface area contributed by atoms with Crippen molar-refractivity contribution in [2.24, 2.45) is 0 Å². The summed E-state index contributed by atoms with van der Waals surface area (Å²) in [4.78, 5) is 59.3. The summed E-state index contributed by atoms with van der Waals surface area (Å²) >= 11 is 0. The second kappa shape index (κ2) is 6.95.